The van der Waals surface area contributed by atoms with E-state index in [1.807, 2.05) is 20.8 Å². The molecule has 76 valence electrons. The Labute approximate surface area is 90.1 Å². The van der Waals surface area contributed by atoms with E-state index in [0.717, 1.165) is 0 Å². The molecule has 1 aromatic rings. The Bertz CT molecular complexity index is 327. The van der Waals surface area contributed by atoms with Crippen molar-refractivity contribution in [2.75, 3.05) is 0 Å². The molecule has 1 atom stereocenters. The van der Waals surface area contributed by atoms with Gasteiger partial charge in [-0.15, -0.1) is 0 Å². The summed E-state index contributed by atoms with van der Waals surface area (Å²) in [6.45, 7) is 5.63. The van der Waals surface area contributed by atoms with E-state index < -0.39 is 8.03 Å². The molecule has 0 bridgehead atoms. The Hall–Kier alpha value is -0.590. The fourth-order valence-electron chi connectivity index (χ4n) is 0.728. The third kappa shape index (κ3) is 3.28. The maximum absolute atomic E-state index is 11.6. The minimum Gasteiger partial charge on any atom is -0.254 e. The van der Waals surface area contributed by atoms with Gasteiger partial charge in [0.1, 0.15) is 0 Å². The summed E-state index contributed by atoms with van der Waals surface area (Å²) < 4.78 is 16.9. The molecule has 0 saturated heterocycles. The molecule has 0 N–H and O–H groups in total. The maximum Gasteiger partial charge on any atom is 0.561 e. The molecule has 0 aliphatic rings. The first-order chi connectivity index (χ1) is 6.39. The van der Waals surface area contributed by atoms with E-state index in [1.165, 1.54) is 0 Å². The van der Waals surface area contributed by atoms with Crippen LogP contribution in [0, 0.1) is 0 Å². The number of hydrogen-bond acceptors (Lipinski definition) is 2. The lowest BCUT2D eigenvalue weighted by Crippen LogP contribution is -2.09. The van der Waals surface area contributed by atoms with Gasteiger partial charge in [-0.25, -0.2) is 0 Å². The molecule has 4 heteroatoms. The lowest BCUT2D eigenvalue weighted by molar-refractivity contribution is 0.476. The molecule has 0 aromatic heterocycles. The molecule has 0 heterocycles. The minimum absolute atomic E-state index is 0.338. The first-order valence-corrected chi connectivity index (χ1v) is 5.86. The van der Waals surface area contributed by atoms with Gasteiger partial charge < -0.3 is 0 Å². The van der Waals surface area contributed by atoms with E-state index in [1.54, 1.807) is 24.3 Å². The zero-order valence-electron chi connectivity index (χ0n) is 8.45. The lowest BCUT2D eigenvalue weighted by Gasteiger charge is -2.03. The summed E-state index contributed by atoms with van der Waals surface area (Å²) in [5, 5.41) is 0.304. The van der Waals surface area contributed by atoms with Crippen LogP contribution < -0.4 is 4.52 Å². The van der Waals surface area contributed by atoms with E-state index in [4.69, 9.17) is 16.1 Å². The zero-order chi connectivity index (χ0) is 10.8. The molecule has 1 aromatic carbocycles. The van der Waals surface area contributed by atoms with Crippen molar-refractivity contribution < 1.29 is 9.09 Å². The normalized spacial score (nSPS) is 12.4. The first kappa shape index (κ1) is 11.5. The van der Waals surface area contributed by atoms with Crippen molar-refractivity contribution in [1.29, 1.82) is 0 Å². The van der Waals surface area contributed by atoms with Crippen molar-refractivity contribution in [2.45, 2.75) is 25.9 Å². The fourth-order valence-corrected chi connectivity index (χ4v) is 1.44. The number of benzene rings is 1. The molecule has 0 aliphatic carbocycles. The standard InChI is InChI=1S/C10H13ClO2P/c1-10(2,3)14(12)13-9-6-4-8(11)5-7-9/h4-7H,1-3H3/q+1. The van der Waals surface area contributed by atoms with E-state index in [9.17, 15) is 4.57 Å². The van der Waals surface area contributed by atoms with Crippen LogP contribution in [-0.2, 0) is 4.57 Å². The van der Waals surface area contributed by atoms with Crippen molar-refractivity contribution in [3.8, 4) is 5.75 Å². The molecule has 0 spiro atoms. The molecule has 1 rings (SSSR count). The summed E-state index contributed by atoms with van der Waals surface area (Å²) in [4.78, 5) is 0. The Morgan fingerprint density at radius 1 is 1.21 bits per heavy atom. The van der Waals surface area contributed by atoms with Gasteiger partial charge >= 0.3 is 8.03 Å². The number of hydrogen-bond donors (Lipinski definition) is 0. The van der Waals surface area contributed by atoms with Crippen LogP contribution in [0.4, 0.5) is 0 Å². The van der Waals surface area contributed by atoms with Crippen molar-refractivity contribution in [3.63, 3.8) is 0 Å². The van der Waals surface area contributed by atoms with Crippen LogP contribution in [0.25, 0.3) is 0 Å². The molecule has 0 fully saturated rings. The van der Waals surface area contributed by atoms with Crippen molar-refractivity contribution in [3.05, 3.63) is 29.3 Å². The van der Waals surface area contributed by atoms with Crippen LogP contribution in [-0.4, -0.2) is 5.16 Å². The van der Waals surface area contributed by atoms with Crippen LogP contribution >= 0.6 is 19.6 Å². The minimum atomic E-state index is -1.70. The molecule has 2 nitrogen and oxygen atoms in total. The van der Waals surface area contributed by atoms with Crippen LogP contribution in [0.3, 0.4) is 0 Å². The molecular formula is C10H13ClO2P+. The smallest absolute Gasteiger partial charge is 0.254 e. The van der Waals surface area contributed by atoms with Gasteiger partial charge in [0.15, 0.2) is 10.9 Å². The Morgan fingerprint density at radius 3 is 2.14 bits per heavy atom. The second kappa shape index (κ2) is 4.29. The molecular weight excluding hydrogens is 219 g/mol. The van der Waals surface area contributed by atoms with Crippen molar-refractivity contribution in [2.24, 2.45) is 0 Å². The fraction of sp³-hybridized carbons (Fsp3) is 0.400. The van der Waals surface area contributed by atoms with Gasteiger partial charge in [-0.05, 0) is 49.6 Å². The monoisotopic (exact) mass is 231 g/mol. The average molecular weight is 232 g/mol. The van der Waals surface area contributed by atoms with Crippen LogP contribution in [0.2, 0.25) is 5.02 Å². The highest BCUT2D eigenvalue weighted by Gasteiger charge is 2.38. The van der Waals surface area contributed by atoms with Gasteiger partial charge in [-0.1, -0.05) is 11.6 Å². The summed E-state index contributed by atoms with van der Waals surface area (Å²) in [6.07, 6.45) is 0. The predicted molar refractivity (Wildman–Crippen MR) is 59.4 cm³/mol. The Kier molecular flexibility index (Phi) is 3.52. The van der Waals surface area contributed by atoms with Crippen LogP contribution in [0.5, 0.6) is 5.75 Å². The SMILES string of the molecule is CC(C)(C)[P+](=O)Oc1ccc(Cl)cc1. The summed E-state index contributed by atoms with van der Waals surface area (Å²) in [5.41, 5.74) is 0. The summed E-state index contributed by atoms with van der Waals surface area (Å²) in [6, 6.07) is 6.84. The van der Waals surface area contributed by atoms with Gasteiger partial charge in [0, 0.05) is 5.02 Å². The largest absolute Gasteiger partial charge is 0.561 e. The highest BCUT2D eigenvalue weighted by Crippen LogP contribution is 2.39. The zero-order valence-corrected chi connectivity index (χ0v) is 10.1. The summed E-state index contributed by atoms with van der Waals surface area (Å²) >= 11 is 5.71. The van der Waals surface area contributed by atoms with Crippen LogP contribution in [0.1, 0.15) is 20.8 Å². The third-order valence-corrected chi connectivity index (χ3v) is 3.27. The van der Waals surface area contributed by atoms with E-state index in [2.05, 4.69) is 0 Å². The van der Waals surface area contributed by atoms with Gasteiger partial charge in [0.25, 0.3) is 0 Å². The summed E-state index contributed by atoms with van der Waals surface area (Å²) in [5.74, 6) is 0.588. The lowest BCUT2D eigenvalue weighted by atomic mass is 10.3. The predicted octanol–water partition coefficient (Wildman–Crippen LogP) is 4.26. The second-order valence-electron chi connectivity index (χ2n) is 3.97. The van der Waals surface area contributed by atoms with Gasteiger partial charge in [-0.2, -0.15) is 0 Å². The Balaban J connectivity index is 2.71. The van der Waals surface area contributed by atoms with Gasteiger partial charge in [0.2, 0.25) is 0 Å². The van der Waals surface area contributed by atoms with Gasteiger partial charge in [-0.3, -0.25) is 4.52 Å². The highest BCUT2D eigenvalue weighted by molar-refractivity contribution is 7.41. The topological polar surface area (TPSA) is 26.3 Å². The van der Waals surface area contributed by atoms with Crippen molar-refractivity contribution >= 4 is 19.6 Å². The molecule has 0 radical (unpaired) electrons. The first-order valence-electron chi connectivity index (χ1n) is 4.30. The molecule has 0 aliphatic heterocycles. The molecule has 1 unspecified atom stereocenters. The molecule has 0 amide bonds. The number of rotatable bonds is 2. The third-order valence-electron chi connectivity index (χ3n) is 1.55. The van der Waals surface area contributed by atoms with Gasteiger partial charge in [0.05, 0.1) is 0 Å². The highest BCUT2D eigenvalue weighted by atomic mass is 35.5. The quantitative estimate of drug-likeness (QED) is 0.711. The molecule has 0 saturated carbocycles. The second-order valence-corrected chi connectivity index (χ2v) is 6.45. The van der Waals surface area contributed by atoms with Crippen LogP contribution in [0.15, 0.2) is 24.3 Å². The van der Waals surface area contributed by atoms with Crippen molar-refractivity contribution in [1.82, 2.24) is 0 Å². The number of halogens is 1. The molecule has 14 heavy (non-hydrogen) atoms. The van der Waals surface area contributed by atoms with E-state index in [0.29, 0.717) is 10.8 Å². The maximum atomic E-state index is 11.6. The summed E-state index contributed by atoms with van der Waals surface area (Å²) in [7, 11) is -1.70. The average Bonchev–Trinajstić information content (AvgIpc) is 2.07. The van der Waals surface area contributed by atoms with E-state index >= 15 is 0 Å². The Morgan fingerprint density at radius 2 is 1.71 bits per heavy atom. The van der Waals surface area contributed by atoms with E-state index in [-0.39, 0.29) is 5.16 Å².